The summed E-state index contributed by atoms with van der Waals surface area (Å²) in [5, 5.41) is 6.67. The quantitative estimate of drug-likeness (QED) is 0.896. The lowest BCUT2D eigenvalue weighted by Crippen LogP contribution is -2.21. The molecule has 0 aliphatic carbocycles. The van der Waals surface area contributed by atoms with Crippen molar-refractivity contribution in [3.05, 3.63) is 24.4 Å². The fourth-order valence-corrected chi connectivity index (χ4v) is 2.63. The summed E-state index contributed by atoms with van der Waals surface area (Å²) in [5.41, 5.74) is 7.67. The number of hydrogen-bond donors (Lipinski definition) is 2. The van der Waals surface area contributed by atoms with Crippen LogP contribution in [0.3, 0.4) is 0 Å². The normalized spacial score (nSPS) is 18.9. The summed E-state index contributed by atoms with van der Waals surface area (Å²) in [7, 11) is 3.75. The molecule has 2 heterocycles. The van der Waals surface area contributed by atoms with Crippen LogP contribution >= 0.6 is 0 Å². The van der Waals surface area contributed by atoms with Gasteiger partial charge in [0.05, 0.1) is 13.3 Å². The lowest BCUT2D eigenvalue weighted by molar-refractivity contribution is 0.199. The minimum atomic E-state index is 0.216. The van der Waals surface area contributed by atoms with E-state index in [1.54, 1.807) is 13.3 Å². The van der Waals surface area contributed by atoms with Gasteiger partial charge in [-0.25, -0.2) is 0 Å². The first kappa shape index (κ1) is 13.8. The van der Waals surface area contributed by atoms with E-state index in [-0.39, 0.29) is 6.10 Å². The molecule has 3 rings (SSSR count). The van der Waals surface area contributed by atoms with Gasteiger partial charge in [0.1, 0.15) is 11.9 Å². The molecule has 1 aromatic heterocycles. The molecule has 21 heavy (non-hydrogen) atoms. The summed E-state index contributed by atoms with van der Waals surface area (Å²) in [4.78, 5) is 2.26. The molecule has 1 fully saturated rings. The predicted octanol–water partition coefficient (Wildman–Crippen LogP) is 1.75. The molecule has 0 radical (unpaired) electrons. The number of likely N-dealkylation sites (N-methyl/N-ethyl adjacent to an activating group) is 1. The molecule has 3 N–H and O–H groups in total. The number of aromatic amines is 1. The van der Waals surface area contributed by atoms with Gasteiger partial charge in [0.15, 0.2) is 11.5 Å². The van der Waals surface area contributed by atoms with Crippen LogP contribution in [0.5, 0.6) is 11.5 Å². The van der Waals surface area contributed by atoms with E-state index in [4.69, 9.17) is 15.2 Å². The molecular weight excluding hydrogens is 268 g/mol. The minimum Gasteiger partial charge on any atom is -0.493 e. The van der Waals surface area contributed by atoms with Crippen LogP contribution in [0.4, 0.5) is 5.82 Å². The summed E-state index contributed by atoms with van der Waals surface area (Å²) in [6.07, 6.45) is 2.96. The van der Waals surface area contributed by atoms with Gasteiger partial charge in [0, 0.05) is 18.7 Å². The molecule has 1 unspecified atom stereocenters. The van der Waals surface area contributed by atoms with E-state index in [9.17, 15) is 0 Å². The van der Waals surface area contributed by atoms with Crippen molar-refractivity contribution in [2.24, 2.45) is 0 Å². The third-order valence-corrected chi connectivity index (χ3v) is 3.79. The summed E-state index contributed by atoms with van der Waals surface area (Å²) in [6.45, 7) is 2.01. The van der Waals surface area contributed by atoms with Crippen LogP contribution in [0.2, 0.25) is 0 Å². The second-order valence-electron chi connectivity index (χ2n) is 5.35. The summed E-state index contributed by atoms with van der Waals surface area (Å²) in [5.74, 6) is 2.02. The van der Waals surface area contributed by atoms with Crippen molar-refractivity contribution in [3.8, 4) is 22.6 Å². The number of anilines is 1. The first-order chi connectivity index (χ1) is 10.2. The SMILES string of the molecule is COc1cc(-c2cn[nH]c2N)ccc1OC1CCN(C)C1. The highest BCUT2D eigenvalue weighted by molar-refractivity contribution is 5.75. The van der Waals surface area contributed by atoms with Crippen molar-refractivity contribution in [1.29, 1.82) is 0 Å². The first-order valence-corrected chi connectivity index (χ1v) is 7.00. The van der Waals surface area contributed by atoms with E-state index >= 15 is 0 Å². The summed E-state index contributed by atoms with van der Waals surface area (Å²) >= 11 is 0. The highest BCUT2D eigenvalue weighted by Crippen LogP contribution is 2.35. The molecule has 6 nitrogen and oxygen atoms in total. The Bertz CT molecular complexity index is 626. The number of nitrogens with zero attached hydrogens (tertiary/aromatic N) is 2. The molecule has 6 heteroatoms. The Kier molecular flexibility index (Phi) is 3.70. The first-order valence-electron chi connectivity index (χ1n) is 7.00. The Balaban J connectivity index is 1.84. The van der Waals surface area contributed by atoms with Crippen molar-refractivity contribution in [3.63, 3.8) is 0 Å². The number of likely N-dealkylation sites (tertiary alicyclic amines) is 1. The smallest absolute Gasteiger partial charge is 0.161 e. The van der Waals surface area contributed by atoms with Gasteiger partial charge in [0.25, 0.3) is 0 Å². The lowest BCUT2D eigenvalue weighted by atomic mass is 10.1. The maximum Gasteiger partial charge on any atom is 0.161 e. The fraction of sp³-hybridized carbons (Fsp3) is 0.400. The van der Waals surface area contributed by atoms with Crippen LogP contribution in [0.25, 0.3) is 11.1 Å². The Morgan fingerprint density at radius 1 is 1.38 bits per heavy atom. The molecule has 2 aromatic rings. The Labute approximate surface area is 123 Å². The largest absolute Gasteiger partial charge is 0.493 e. The van der Waals surface area contributed by atoms with Crippen LogP contribution in [-0.4, -0.2) is 48.4 Å². The second kappa shape index (κ2) is 5.65. The van der Waals surface area contributed by atoms with Gasteiger partial charge in [-0.15, -0.1) is 0 Å². The van der Waals surface area contributed by atoms with Crippen molar-refractivity contribution in [1.82, 2.24) is 15.1 Å². The minimum absolute atomic E-state index is 0.216. The van der Waals surface area contributed by atoms with Crippen molar-refractivity contribution < 1.29 is 9.47 Å². The number of methoxy groups -OCH3 is 1. The van der Waals surface area contributed by atoms with E-state index in [1.807, 2.05) is 18.2 Å². The van der Waals surface area contributed by atoms with Crippen LogP contribution < -0.4 is 15.2 Å². The van der Waals surface area contributed by atoms with Crippen LogP contribution in [0, 0.1) is 0 Å². The molecule has 1 atom stereocenters. The monoisotopic (exact) mass is 288 g/mol. The Hall–Kier alpha value is -2.21. The van der Waals surface area contributed by atoms with Crippen LogP contribution in [0.15, 0.2) is 24.4 Å². The molecule has 112 valence electrons. The van der Waals surface area contributed by atoms with E-state index in [0.29, 0.717) is 11.6 Å². The van der Waals surface area contributed by atoms with Gasteiger partial charge < -0.3 is 20.1 Å². The molecule has 0 amide bonds. The van der Waals surface area contributed by atoms with Crippen LogP contribution in [-0.2, 0) is 0 Å². The standard InChI is InChI=1S/C15H20N4O2/c1-19-6-5-11(9-19)21-13-4-3-10(7-14(13)20-2)12-8-17-18-15(12)16/h3-4,7-8,11H,5-6,9H2,1-2H3,(H3,16,17,18). The fourth-order valence-electron chi connectivity index (χ4n) is 2.63. The summed E-state index contributed by atoms with van der Waals surface area (Å²) in [6, 6.07) is 5.83. The molecular formula is C15H20N4O2. The molecule has 1 saturated heterocycles. The van der Waals surface area contributed by atoms with E-state index in [1.165, 1.54) is 0 Å². The van der Waals surface area contributed by atoms with Gasteiger partial charge in [0.2, 0.25) is 0 Å². The number of nitrogen functional groups attached to an aromatic ring is 1. The molecule has 0 spiro atoms. The van der Waals surface area contributed by atoms with Crippen molar-refractivity contribution in [2.45, 2.75) is 12.5 Å². The van der Waals surface area contributed by atoms with Crippen LogP contribution in [0.1, 0.15) is 6.42 Å². The van der Waals surface area contributed by atoms with Crippen molar-refractivity contribution >= 4 is 5.82 Å². The van der Waals surface area contributed by atoms with E-state index < -0.39 is 0 Å². The van der Waals surface area contributed by atoms with Gasteiger partial charge >= 0.3 is 0 Å². The number of rotatable bonds is 4. The molecule has 1 aliphatic heterocycles. The number of nitrogens with one attached hydrogen (secondary N) is 1. The average molecular weight is 288 g/mol. The second-order valence-corrected chi connectivity index (χ2v) is 5.35. The summed E-state index contributed by atoms with van der Waals surface area (Å²) < 4.78 is 11.5. The number of benzene rings is 1. The molecule has 1 aliphatic rings. The van der Waals surface area contributed by atoms with E-state index in [0.717, 1.165) is 36.4 Å². The number of H-pyrrole nitrogens is 1. The molecule has 1 aromatic carbocycles. The molecule has 0 bridgehead atoms. The molecule has 0 saturated carbocycles. The predicted molar refractivity (Wildman–Crippen MR) is 81.5 cm³/mol. The average Bonchev–Trinajstić information content (AvgIpc) is 3.08. The zero-order chi connectivity index (χ0) is 14.8. The van der Waals surface area contributed by atoms with Gasteiger partial charge in [-0.3, -0.25) is 5.10 Å². The topological polar surface area (TPSA) is 76.4 Å². The highest BCUT2D eigenvalue weighted by atomic mass is 16.5. The number of hydrogen-bond acceptors (Lipinski definition) is 5. The van der Waals surface area contributed by atoms with E-state index in [2.05, 4.69) is 22.1 Å². The number of aromatic nitrogens is 2. The zero-order valence-electron chi connectivity index (χ0n) is 12.3. The lowest BCUT2D eigenvalue weighted by Gasteiger charge is -2.17. The van der Waals surface area contributed by atoms with Gasteiger partial charge in [-0.2, -0.15) is 5.10 Å². The maximum atomic E-state index is 6.05. The number of ether oxygens (including phenoxy) is 2. The van der Waals surface area contributed by atoms with Crippen molar-refractivity contribution in [2.75, 3.05) is 33.0 Å². The van der Waals surface area contributed by atoms with Gasteiger partial charge in [-0.05, 0) is 31.2 Å². The van der Waals surface area contributed by atoms with Gasteiger partial charge in [-0.1, -0.05) is 6.07 Å². The Morgan fingerprint density at radius 3 is 2.86 bits per heavy atom. The third-order valence-electron chi connectivity index (χ3n) is 3.79. The zero-order valence-corrected chi connectivity index (χ0v) is 12.3. The third kappa shape index (κ3) is 2.80. The highest BCUT2D eigenvalue weighted by Gasteiger charge is 2.22. The number of nitrogens with two attached hydrogens (primary N) is 1. The Morgan fingerprint density at radius 2 is 2.24 bits per heavy atom. The maximum absolute atomic E-state index is 6.05.